The van der Waals surface area contributed by atoms with Crippen molar-refractivity contribution in [3.63, 3.8) is 0 Å². The van der Waals surface area contributed by atoms with Crippen LogP contribution in [0, 0.1) is 0 Å². The van der Waals surface area contributed by atoms with Gasteiger partial charge in [0, 0.05) is 24.5 Å². The molecule has 0 fully saturated rings. The van der Waals surface area contributed by atoms with Crippen LogP contribution in [0.4, 0.5) is 0 Å². The highest BCUT2D eigenvalue weighted by Gasteiger charge is 2.28. The van der Waals surface area contributed by atoms with Gasteiger partial charge in [0.2, 0.25) is 11.8 Å². The number of rotatable bonds is 10. The summed E-state index contributed by atoms with van der Waals surface area (Å²) in [5, 5.41) is 3.46. The second kappa shape index (κ2) is 11.6. The van der Waals surface area contributed by atoms with E-state index in [2.05, 4.69) is 36.5 Å². The molecule has 0 spiro atoms. The van der Waals surface area contributed by atoms with Crippen LogP contribution in [0.1, 0.15) is 50.3 Å². The van der Waals surface area contributed by atoms with Gasteiger partial charge in [0.15, 0.2) is 0 Å². The smallest absolute Gasteiger partial charge is 0.242 e. The van der Waals surface area contributed by atoms with Gasteiger partial charge < -0.3 is 10.2 Å². The molecule has 0 bridgehead atoms. The van der Waals surface area contributed by atoms with Crippen LogP contribution in [0.2, 0.25) is 5.02 Å². The van der Waals surface area contributed by atoms with Gasteiger partial charge in [-0.2, -0.15) is 0 Å². The van der Waals surface area contributed by atoms with Crippen molar-refractivity contribution in [2.24, 2.45) is 0 Å². The van der Waals surface area contributed by atoms with E-state index in [1.165, 1.54) is 5.56 Å². The lowest BCUT2D eigenvalue weighted by Gasteiger charge is -2.31. The minimum atomic E-state index is -0.513. The fourth-order valence-corrected chi connectivity index (χ4v) is 3.55. The van der Waals surface area contributed by atoms with E-state index in [-0.39, 0.29) is 11.8 Å². The van der Waals surface area contributed by atoms with Crippen molar-refractivity contribution in [1.82, 2.24) is 10.2 Å². The third-order valence-corrected chi connectivity index (χ3v) is 5.46. The number of amides is 2. The van der Waals surface area contributed by atoms with Crippen LogP contribution in [0.5, 0.6) is 0 Å². The summed E-state index contributed by atoms with van der Waals surface area (Å²) < 4.78 is 0. The molecule has 1 N–H and O–H groups in total. The molecule has 0 aliphatic rings. The molecule has 5 heteroatoms. The summed E-state index contributed by atoms with van der Waals surface area (Å²) in [6.07, 6.45) is 2.54. The highest BCUT2D eigenvalue weighted by atomic mass is 35.5. The van der Waals surface area contributed by atoms with Crippen LogP contribution >= 0.6 is 11.6 Å². The molecule has 0 aliphatic heterocycles. The molecule has 0 aliphatic carbocycles. The Hall–Kier alpha value is -2.33. The number of carbonyl (C=O) groups is 2. The first-order valence-electron chi connectivity index (χ1n) is 10.4. The van der Waals surface area contributed by atoms with E-state index < -0.39 is 6.04 Å². The van der Waals surface area contributed by atoms with E-state index in [4.69, 9.17) is 11.6 Å². The Balaban J connectivity index is 2.18. The van der Waals surface area contributed by atoms with Gasteiger partial charge in [0.1, 0.15) is 6.04 Å². The molecular weight excluding hydrogens is 384 g/mol. The summed E-state index contributed by atoms with van der Waals surface area (Å²) in [6, 6.07) is 15.3. The second-order valence-electron chi connectivity index (χ2n) is 7.10. The van der Waals surface area contributed by atoms with Gasteiger partial charge in [-0.3, -0.25) is 9.59 Å². The first-order chi connectivity index (χ1) is 14.0. The van der Waals surface area contributed by atoms with Gasteiger partial charge >= 0.3 is 0 Å². The number of halogens is 1. The number of nitrogens with one attached hydrogen (secondary N) is 1. The van der Waals surface area contributed by atoms with Crippen molar-refractivity contribution in [3.05, 3.63) is 70.2 Å². The van der Waals surface area contributed by atoms with E-state index >= 15 is 0 Å². The Morgan fingerprint density at radius 2 is 1.66 bits per heavy atom. The Morgan fingerprint density at radius 3 is 2.24 bits per heavy atom. The lowest BCUT2D eigenvalue weighted by atomic mass is 10.0. The summed E-state index contributed by atoms with van der Waals surface area (Å²) in [7, 11) is 0. The minimum absolute atomic E-state index is 0.0393. The molecule has 0 saturated heterocycles. The molecule has 29 heavy (non-hydrogen) atoms. The normalized spacial score (nSPS) is 11.7. The fourth-order valence-electron chi connectivity index (χ4n) is 3.36. The van der Waals surface area contributed by atoms with Crippen molar-refractivity contribution < 1.29 is 9.59 Å². The SMILES string of the molecule is CCNC(=O)C(CC)N(Cc1ccccc1Cl)C(=O)CCc1ccc(CC)cc1. The largest absolute Gasteiger partial charge is 0.355 e. The third-order valence-electron chi connectivity index (χ3n) is 5.09. The number of hydrogen-bond acceptors (Lipinski definition) is 2. The maximum Gasteiger partial charge on any atom is 0.242 e. The highest BCUT2D eigenvalue weighted by molar-refractivity contribution is 6.31. The van der Waals surface area contributed by atoms with E-state index in [1.54, 1.807) is 4.90 Å². The molecule has 2 aromatic rings. The minimum Gasteiger partial charge on any atom is -0.355 e. The average Bonchev–Trinajstić information content (AvgIpc) is 2.73. The lowest BCUT2D eigenvalue weighted by molar-refractivity contribution is -0.141. The molecule has 0 saturated carbocycles. The Labute approximate surface area is 179 Å². The highest BCUT2D eigenvalue weighted by Crippen LogP contribution is 2.21. The van der Waals surface area contributed by atoms with Crippen LogP contribution in [0.15, 0.2) is 48.5 Å². The maximum absolute atomic E-state index is 13.2. The van der Waals surface area contributed by atoms with Gasteiger partial charge in [-0.25, -0.2) is 0 Å². The summed E-state index contributed by atoms with van der Waals surface area (Å²) in [5.74, 6) is -0.162. The molecule has 2 amide bonds. The van der Waals surface area contributed by atoms with Gasteiger partial charge in [-0.1, -0.05) is 67.9 Å². The number of aryl methyl sites for hydroxylation is 2. The molecule has 2 aromatic carbocycles. The van der Waals surface area contributed by atoms with Gasteiger partial charge in [-0.05, 0) is 48.9 Å². The second-order valence-corrected chi connectivity index (χ2v) is 7.51. The van der Waals surface area contributed by atoms with Gasteiger partial charge in [0.25, 0.3) is 0 Å². The molecule has 1 atom stereocenters. The van der Waals surface area contributed by atoms with Crippen LogP contribution < -0.4 is 5.32 Å². The number of likely N-dealkylation sites (N-methyl/N-ethyl adjacent to an activating group) is 1. The molecule has 0 heterocycles. The summed E-state index contributed by atoms with van der Waals surface area (Å²) in [6.45, 7) is 6.79. The molecular formula is C24H31ClN2O2. The quantitative estimate of drug-likeness (QED) is 0.608. The van der Waals surface area contributed by atoms with Crippen LogP contribution in [0.25, 0.3) is 0 Å². The number of nitrogens with zero attached hydrogens (tertiary/aromatic N) is 1. The maximum atomic E-state index is 13.2. The first kappa shape index (κ1) is 23.0. The Kier molecular flexibility index (Phi) is 9.20. The summed E-state index contributed by atoms with van der Waals surface area (Å²) in [5.41, 5.74) is 3.25. The van der Waals surface area contributed by atoms with Crippen molar-refractivity contribution in [2.45, 2.75) is 59.0 Å². The van der Waals surface area contributed by atoms with E-state index in [0.717, 1.165) is 17.5 Å². The van der Waals surface area contributed by atoms with Gasteiger partial charge in [0.05, 0.1) is 0 Å². The monoisotopic (exact) mass is 414 g/mol. The molecule has 2 rings (SSSR count). The zero-order valence-corrected chi connectivity index (χ0v) is 18.3. The van der Waals surface area contributed by atoms with E-state index in [1.807, 2.05) is 38.1 Å². The Bertz CT molecular complexity index is 805. The van der Waals surface area contributed by atoms with Crippen molar-refractivity contribution in [3.8, 4) is 0 Å². The van der Waals surface area contributed by atoms with Crippen LogP contribution in [-0.4, -0.2) is 29.3 Å². The van der Waals surface area contributed by atoms with Crippen molar-refractivity contribution >= 4 is 23.4 Å². The standard InChI is InChI=1S/C24H31ClN2O2/c1-4-18-11-13-19(14-12-18)15-16-23(28)27(22(5-2)24(29)26-6-3)17-20-9-7-8-10-21(20)25/h7-14,22H,4-6,15-17H2,1-3H3,(H,26,29). The summed E-state index contributed by atoms with van der Waals surface area (Å²) in [4.78, 5) is 27.4. The average molecular weight is 415 g/mol. The number of carbonyl (C=O) groups excluding carboxylic acids is 2. The Morgan fingerprint density at radius 1 is 1.00 bits per heavy atom. The fraction of sp³-hybridized carbons (Fsp3) is 0.417. The topological polar surface area (TPSA) is 49.4 Å². The van der Waals surface area contributed by atoms with Crippen molar-refractivity contribution in [2.75, 3.05) is 6.54 Å². The molecule has 4 nitrogen and oxygen atoms in total. The molecule has 1 unspecified atom stereocenters. The lowest BCUT2D eigenvalue weighted by Crippen LogP contribution is -2.49. The zero-order valence-electron chi connectivity index (χ0n) is 17.6. The predicted octanol–water partition coefficient (Wildman–Crippen LogP) is 4.78. The van der Waals surface area contributed by atoms with E-state index in [0.29, 0.717) is 37.4 Å². The number of hydrogen-bond donors (Lipinski definition) is 1. The summed E-state index contributed by atoms with van der Waals surface area (Å²) >= 11 is 6.32. The predicted molar refractivity (Wildman–Crippen MR) is 119 cm³/mol. The van der Waals surface area contributed by atoms with Crippen LogP contribution in [0.3, 0.4) is 0 Å². The van der Waals surface area contributed by atoms with Crippen LogP contribution in [-0.2, 0) is 29.0 Å². The number of benzene rings is 2. The molecule has 0 aromatic heterocycles. The third kappa shape index (κ3) is 6.60. The molecule has 156 valence electrons. The molecule has 0 radical (unpaired) electrons. The first-order valence-corrected chi connectivity index (χ1v) is 10.8. The van der Waals surface area contributed by atoms with Gasteiger partial charge in [-0.15, -0.1) is 0 Å². The van der Waals surface area contributed by atoms with E-state index in [9.17, 15) is 9.59 Å². The van der Waals surface area contributed by atoms with Crippen molar-refractivity contribution in [1.29, 1.82) is 0 Å². The zero-order chi connectivity index (χ0) is 21.2.